The smallest absolute Gasteiger partial charge is 0.248 e. The summed E-state index contributed by atoms with van der Waals surface area (Å²) < 4.78 is 5.66. The van der Waals surface area contributed by atoms with Crippen LogP contribution in [0.5, 0.6) is 11.6 Å². The summed E-state index contributed by atoms with van der Waals surface area (Å²) in [5.74, 6) is 0.871. The topological polar surface area (TPSA) is 61.0 Å². The van der Waals surface area contributed by atoms with Crippen LogP contribution in [-0.4, -0.2) is 15.0 Å². The van der Waals surface area contributed by atoms with E-state index in [4.69, 9.17) is 34.3 Å². The van der Waals surface area contributed by atoms with Gasteiger partial charge in [0.2, 0.25) is 5.88 Å². The molecule has 0 amide bonds. The quantitative estimate of drug-likeness (QED) is 0.876. The predicted octanol–water partition coefficient (Wildman–Crippen LogP) is 2.86. The van der Waals surface area contributed by atoms with Gasteiger partial charge in [-0.25, -0.2) is 9.97 Å². The Balaban J connectivity index is 2.40. The molecule has 0 aliphatic rings. The first-order valence-electron chi connectivity index (χ1n) is 5.13. The second kappa shape index (κ2) is 5.29. The van der Waals surface area contributed by atoms with Gasteiger partial charge < -0.3 is 10.5 Å². The monoisotopic (exact) mass is 279 g/mol. The number of hydrogen-bond donors (Lipinski definition) is 1. The van der Waals surface area contributed by atoms with Gasteiger partial charge in [0.15, 0.2) is 5.69 Å². The summed E-state index contributed by atoms with van der Waals surface area (Å²) in [4.78, 5) is 8.25. The molecule has 0 aliphatic heterocycles. The number of rotatable bonds is 3. The summed E-state index contributed by atoms with van der Waals surface area (Å²) in [6, 6.07) is 5.35. The molecule has 0 radical (unpaired) electrons. The molecule has 4 nitrogen and oxygen atoms in total. The Bertz CT molecular complexity index is 604. The first kappa shape index (κ1) is 12.7. The lowest BCUT2D eigenvalue weighted by Crippen LogP contribution is -2.13. The summed E-state index contributed by atoms with van der Waals surface area (Å²) in [6.45, 7) is 1.91. The van der Waals surface area contributed by atoms with E-state index in [0.29, 0.717) is 16.5 Å². The number of nitrogens with zero attached hydrogens (tertiary/aromatic N) is 2. The zero-order chi connectivity index (χ0) is 13.1. The van der Waals surface area contributed by atoms with E-state index in [-0.39, 0.29) is 10.9 Å². The first-order valence-corrected chi connectivity index (χ1v) is 5.91. The summed E-state index contributed by atoms with van der Waals surface area (Å²) in [5.41, 5.74) is 6.84. The molecule has 0 atom stereocenters. The van der Waals surface area contributed by atoms with Crippen molar-refractivity contribution >= 4 is 28.8 Å². The number of nitrogens with two attached hydrogens (primary N) is 1. The molecule has 0 bridgehead atoms. The van der Waals surface area contributed by atoms with Crippen molar-refractivity contribution in [1.29, 1.82) is 0 Å². The molecule has 0 saturated heterocycles. The minimum absolute atomic E-state index is 0.137. The summed E-state index contributed by atoms with van der Waals surface area (Å²) >= 11 is 10.8. The molecule has 2 rings (SSSR count). The average molecular weight is 280 g/mol. The van der Waals surface area contributed by atoms with Crippen molar-refractivity contribution in [2.24, 2.45) is 5.73 Å². The number of hydrogen-bond acceptors (Lipinski definition) is 4. The number of aromatic nitrogens is 2. The molecule has 0 fully saturated rings. The predicted molar refractivity (Wildman–Crippen MR) is 74.2 cm³/mol. The van der Waals surface area contributed by atoms with Gasteiger partial charge in [0.25, 0.3) is 0 Å². The Hall–Kier alpha value is -1.72. The molecule has 0 aliphatic carbocycles. The maximum absolute atomic E-state index is 5.92. The molecule has 0 spiro atoms. The van der Waals surface area contributed by atoms with Gasteiger partial charge in [-0.15, -0.1) is 0 Å². The van der Waals surface area contributed by atoms with Crippen LogP contribution in [-0.2, 0) is 0 Å². The first-order chi connectivity index (χ1) is 8.58. The number of ether oxygens (including phenoxy) is 1. The van der Waals surface area contributed by atoms with Crippen LogP contribution in [0.2, 0.25) is 5.02 Å². The van der Waals surface area contributed by atoms with Gasteiger partial charge in [-0.3, -0.25) is 0 Å². The van der Waals surface area contributed by atoms with Crippen molar-refractivity contribution in [3.63, 3.8) is 0 Å². The highest BCUT2D eigenvalue weighted by Gasteiger charge is 2.11. The van der Waals surface area contributed by atoms with Crippen molar-refractivity contribution in [1.82, 2.24) is 9.97 Å². The SMILES string of the molecule is Cc1ccc(Cl)cc1Oc1nccnc1C(N)=S. The molecule has 1 aromatic heterocycles. The molecule has 1 aromatic carbocycles. The molecule has 2 aromatic rings. The highest BCUT2D eigenvalue weighted by atomic mass is 35.5. The average Bonchev–Trinajstić information content (AvgIpc) is 2.34. The van der Waals surface area contributed by atoms with E-state index in [1.165, 1.54) is 12.4 Å². The Morgan fingerprint density at radius 3 is 2.78 bits per heavy atom. The largest absolute Gasteiger partial charge is 0.437 e. The Labute approximate surface area is 115 Å². The highest BCUT2D eigenvalue weighted by molar-refractivity contribution is 7.80. The molecule has 0 unspecified atom stereocenters. The lowest BCUT2D eigenvalue weighted by atomic mass is 10.2. The van der Waals surface area contributed by atoms with E-state index in [1.807, 2.05) is 13.0 Å². The van der Waals surface area contributed by atoms with Gasteiger partial charge >= 0.3 is 0 Å². The van der Waals surface area contributed by atoms with Crippen molar-refractivity contribution in [3.8, 4) is 11.6 Å². The van der Waals surface area contributed by atoms with Crippen molar-refractivity contribution in [2.45, 2.75) is 6.92 Å². The number of aryl methyl sites for hydroxylation is 1. The Morgan fingerprint density at radius 2 is 2.06 bits per heavy atom. The molecular formula is C12H10ClN3OS. The van der Waals surface area contributed by atoms with Crippen LogP contribution in [0.3, 0.4) is 0 Å². The lowest BCUT2D eigenvalue weighted by Gasteiger charge is -2.10. The summed E-state index contributed by atoms with van der Waals surface area (Å²) in [6.07, 6.45) is 3.02. The lowest BCUT2D eigenvalue weighted by molar-refractivity contribution is 0.455. The van der Waals surface area contributed by atoms with E-state index in [9.17, 15) is 0 Å². The molecule has 2 N–H and O–H groups in total. The zero-order valence-electron chi connectivity index (χ0n) is 9.55. The maximum Gasteiger partial charge on any atom is 0.248 e. The van der Waals surface area contributed by atoms with E-state index >= 15 is 0 Å². The fourth-order valence-electron chi connectivity index (χ4n) is 1.36. The van der Waals surface area contributed by atoms with Crippen LogP contribution in [0.15, 0.2) is 30.6 Å². The summed E-state index contributed by atoms with van der Waals surface area (Å²) in [7, 11) is 0. The van der Waals surface area contributed by atoms with Crippen LogP contribution in [0.25, 0.3) is 0 Å². The molecule has 92 valence electrons. The number of halogens is 1. The number of benzene rings is 1. The van der Waals surface area contributed by atoms with Gasteiger partial charge in [-0.05, 0) is 24.6 Å². The zero-order valence-corrected chi connectivity index (χ0v) is 11.1. The van der Waals surface area contributed by atoms with Gasteiger partial charge in [0, 0.05) is 17.4 Å². The van der Waals surface area contributed by atoms with Crippen LogP contribution in [0.4, 0.5) is 0 Å². The van der Waals surface area contributed by atoms with Gasteiger partial charge in [0.05, 0.1) is 0 Å². The minimum Gasteiger partial charge on any atom is -0.437 e. The Kier molecular flexibility index (Phi) is 3.74. The van der Waals surface area contributed by atoms with E-state index in [1.54, 1.807) is 12.1 Å². The molecule has 18 heavy (non-hydrogen) atoms. The van der Waals surface area contributed by atoms with E-state index < -0.39 is 0 Å². The standard InChI is InChI=1S/C12H10ClN3OS/c1-7-2-3-8(13)6-9(7)17-12-10(11(14)18)15-4-5-16-12/h2-6H,1H3,(H2,14,18). The molecule has 0 saturated carbocycles. The van der Waals surface area contributed by atoms with E-state index in [0.717, 1.165) is 5.56 Å². The van der Waals surface area contributed by atoms with Crippen LogP contribution >= 0.6 is 23.8 Å². The normalized spacial score (nSPS) is 10.1. The fraction of sp³-hybridized carbons (Fsp3) is 0.0833. The molecule has 6 heteroatoms. The molecule has 1 heterocycles. The Morgan fingerprint density at radius 1 is 1.33 bits per heavy atom. The third-order valence-electron chi connectivity index (χ3n) is 2.25. The van der Waals surface area contributed by atoms with Crippen LogP contribution < -0.4 is 10.5 Å². The van der Waals surface area contributed by atoms with Gasteiger partial charge in [-0.1, -0.05) is 29.9 Å². The van der Waals surface area contributed by atoms with Crippen LogP contribution in [0.1, 0.15) is 11.3 Å². The summed E-state index contributed by atoms with van der Waals surface area (Å²) in [5, 5.41) is 0.580. The van der Waals surface area contributed by atoms with Crippen molar-refractivity contribution < 1.29 is 4.74 Å². The minimum atomic E-state index is 0.137. The van der Waals surface area contributed by atoms with Crippen LogP contribution in [0, 0.1) is 6.92 Å². The highest BCUT2D eigenvalue weighted by Crippen LogP contribution is 2.27. The number of thiocarbonyl (C=S) groups is 1. The maximum atomic E-state index is 5.92. The fourth-order valence-corrected chi connectivity index (χ4v) is 1.66. The van der Waals surface area contributed by atoms with Gasteiger partial charge in [0.1, 0.15) is 10.7 Å². The second-order valence-electron chi connectivity index (χ2n) is 3.59. The van der Waals surface area contributed by atoms with Gasteiger partial charge in [-0.2, -0.15) is 0 Å². The third-order valence-corrected chi connectivity index (χ3v) is 2.68. The van der Waals surface area contributed by atoms with Crippen molar-refractivity contribution in [2.75, 3.05) is 0 Å². The van der Waals surface area contributed by atoms with E-state index in [2.05, 4.69) is 9.97 Å². The third kappa shape index (κ3) is 2.75. The van der Waals surface area contributed by atoms with Crippen molar-refractivity contribution in [3.05, 3.63) is 46.9 Å². The molecular weight excluding hydrogens is 270 g/mol. The second-order valence-corrected chi connectivity index (χ2v) is 4.46.